The molecule has 0 saturated heterocycles. The van der Waals surface area contributed by atoms with E-state index in [2.05, 4.69) is 52.5 Å². The van der Waals surface area contributed by atoms with Gasteiger partial charge in [0, 0.05) is 21.3 Å². The molecular weight excluding hydrogens is 568 g/mol. The monoisotopic (exact) mass is 584 g/mol. The van der Waals surface area contributed by atoms with Crippen LogP contribution in [0.4, 0.5) is 21.0 Å². The number of pyridine rings is 2. The van der Waals surface area contributed by atoms with E-state index >= 15 is 0 Å². The zero-order chi connectivity index (χ0) is 24.2. The van der Waals surface area contributed by atoms with Gasteiger partial charge in [0.1, 0.15) is 11.5 Å². The molecule has 34 heavy (non-hydrogen) atoms. The molecule has 0 fully saturated rings. The Hall–Kier alpha value is -3.76. The summed E-state index contributed by atoms with van der Waals surface area (Å²) in [4.78, 5) is 30.7. The van der Waals surface area contributed by atoms with Gasteiger partial charge in [0.15, 0.2) is 0 Å². The number of aromatic nitrogens is 2. The standard InChI is InChI=1S/2C12H9BrN2O2/c2*13-9-3-5-11(6-4-9)17-12(16)15-10-2-1-7-14-8-10/h2*1-8H,(H,15,16). The average Bonchev–Trinajstić information content (AvgIpc) is 2.84. The smallest absolute Gasteiger partial charge is 0.410 e. The molecule has 2 aromatic carbocycles. The lowest BCUT2D eigenvalue weighted by Crippen LogP contribution is -2.16. The van der Waals surface area contributed by atoms with E-state index in [0.717, 1.165) is 8.95 Å². The average molecular weight is 586 g/mol. The highest BCUT2D eigenvalue weighted by Gasteiger charge is 2.05. The first-order valence-corrected chi connectivity index (χ1v) is 11.4. The van der Waals surface area contributed by atoms with Gasteiger partial charge in [-0.3, -0.25) is 20.6 Å². The minimum Gasteiger partial charge on any atom is -0.410 e. The molecule has 0 radical (unpaired) electrons. The Kier molecular flexibility index (Phi) is 9.56. The Bertz CT molecular complexity index is 1100. The van der Waals surface area contributed by atoms with Crippen LogP contribution in [-0.2, 0) is 0 Å². The lowest BCUT2D eigenvalue weighted by atomic mass is 10.3. The number of nitrogens with zero attached hydrogens (tertiary/aromatic N) is 2. The number of hydrogen-bond donors (Lipinski definition) is 2. The summed E-state index contributed by atoms with van der Waals surface area (Å²) in [7, 11) is 0. The zero-order valence-electron chi connectivity index (χ0n) is 17.5. The van der Waals surface area contributed by atoms with Crippen LogP contribution in [0.3, 0.4) is 0 Å². The summed E-state index contributed by atoms with van der Waals surface area (Å²) in [5.41, 5.74) is 1.18. The van der Waals surface area contributed by atoms with Gasteiger partial charge >= 0.3 is 12.2 Å². The SMILES string of the molecule is O=C(Nc1cccnc1)Oc1ccc(Br)cc1.O=C(Nc1cccnc1)Oc1ccc(Br)cc1. The molecule has 8 nitrogen and oxygen atoms in total. The summed E-state index contributed by atoms with van der Waals surface area (Å²) in [5, 5.41) is 5.14. The lowest BCUT2D eigenvalue weighted by Gasteiger charge is -2.05. The molecule has 2 aromatic heterocycles. The first-order valence-electron chi connectivity index (χ1n) is 9.77. The molecule has 172 valence electrons. The Morgan fingerprint density at radius 2 is 1.00 bits per heavy atom. The molecule has 0 saturated carbocycles. The fraction of sp³-hybridized carbons (Fsp3) is 0. The van der Waals surface area contributed by atoms with Gasteiger partial charge in [-0.05, 0) is 72.8 Å². The van der Waals surface area contributed by atoms with Gasteiger partial charge in [0.25, 0.3) is 0 Å². The third-order valence-corrected chi connectivity index (χ3v) is 4.92. The maximum absolute atomic E-state index is 11.5. The predicted octanol–water partition coefficient (Wildman–Crippen LogP) is 6.91. The molecule has 0 bridgehead atoms. The fourth-order valence-electron chi connectivity index (χ4n) is 2.38. The van der Waals surface area contributed by atoms with Crippen molar-refractivity contribution in [3.05, 3.63) is 107 Å². The van der Waals surface area contributed by atoms with Crippen LogP contribution in [0.2, 0.25) is 0 Å². The molecule has 4 aromatic rings. The van der Waals surface area contributed by atoms with Crippen LogP contribution < -0.4 is 20.1 Å². The van der Waals surface area contributed by atoms with Gasteiger partial charge in [-0.1, -0.05) is 31.9 Å². The highest BCUT2D eigenvalue weighted by atomic mass is 79.9. The molecule has 2 amide bonds. The number of anilines is 2. The normalized spacial score (nSPS) is 9.71. The second kappa shape index (κ2) is 13.1. The molecule has 0 aliphatic rings. The Labute approximate surface area is 212 Å². The Morgan fingerprint density at radius 1 is 0.618 bits per heavy atom. The summed E-state index contributed by atoms with van der Waals surface area (Å²) in [5.74, 6) is 0.962. The molecule has 2 N–H and O–H groups in total. The number of benzene rings is 2. The molecule has 0 spiro atoms. The van der Waals surface area contributed by atoms with E-state index in [9.17, 15) is 9.59 Å². The van der Waals surface area contributed by atoms with Crippen LogP contribution in [0, 0.1) is 0 Å². The van der Waals surface area contributed by atoms with Crippen LogP contribution in [-0.4, -0.2) is 22.2 Å². The Balaban J connectivity index is 0.000000191. The van der Waals surface area contributed by atoms with Crippen LogP contribution in [0.1, 0.15) is 0 Å². The number of hydrogen-bond acceptors (Lipinski definition) is 6. The van der Waals surface area contributed by atoms with Gasteiger partial charge in [0.2, 0.25) is 0 Å². The van der Waals surface area contributed by atoms with E-state index in [4.69, 9.17) is 9.47 Å². The van der Waals surface area contributed by atoms with E-state index in [-0.39, 0.29) is 0 Å². The second-order valence-corrected chi connectivity index (χ2v) is 8.25. The number of ether oxygens (including phenoxy) is 2. The number of nitrogens with one attached hydrogen (secondary N) is 2. The van der Waals surface area contributed by atoms with Crippen LogP contribution >= 0.6 is 31.9 Å². The molecule has 0 atom stereocenters. The summed E-state index contributed by atoms with van der Waals surface area (Å²) in [6.45, 7) is 0. The topological polar surface area (TPSA) is 102 Å². The van der Waals surface area contributed by atoms with E-state index in [1.807, 2.05) is 0 Å². The Morgan fingerprint density at radius 3 is 1.32 bits per heavy atom. The minimum absolute atomic E-state index is 0.481. The van der Waals surface area contributed by atoms with Crippen molar-refractivity contribution in [1.29, 1.82) is 0 Å². The van der Waals surface area contributed by atoms with Crippen molar-refractivity contribution >= 4 is 55.4 Å². The van der Waals surface area contributed by atoms with Crippen LogP contribution in [0.25, 0.3) is 0 Å². The largest absolute Gasteiger partial charge is 0.417 e. The highest BCUT2D eigenvalue weighted by Crippen LogP contribution is 2.17. The molecule has 2 heterocycles. The summed E-state index contributed by atoms with van der Waals surface area (Å²) in [6, 6.07) is 20.9. The third-order valence-electron chi connectivity index (χ3n) is 3.86. The van der Waals surface area contributed by atoms with Crippen molar-refractivity contribution in [2.75, 3.05) is 10.6 Å². The molecule has 0 aliphatic heterocycles. The fourth-order valence-corrected chi connectivity index (χ4v) is 2.91. The maximum Gasteiger partial charge on any atom is 0.417 e. The number of carbonyl (C=O) groups is 2. The highest BCUT2D eigenvalue weighted by molar-refractivity contribution is 9.10. The number of amides is 2. The lowest BCUT2D eigenvalue weighted by molar-refractivity contribution is 0.214. The van der Waals surface area contributed by atoms with E-state index in [0.29, 0.717) is 22.9 Å². The third kappa shape index (κ3) is 9.00. The van der Waals surface area contributed by atoms with Crippen molar-refractivity contribution in [2.45, 2.75) is 0 Å². The van der Waals surface area contributed by atoms with E-state index < -0.39 is 12.2 Å². The predicted molar refractivity (Wildman–Crippen MR) is 136 cm³/mol. The first kappa shape index (κ1) is 24.9. The van der Waals surface area contributed by atoms with Gasteiger partial charge in [0.05, 0.1) is 23.8 Å². The second-order valence-electron chi connectivity index (χ2n) is 6.42. The molecule has 0 unspecified atom stereocenters. The summed E-state index contributed by atoms with van der Waals surface area (Å²) < 4.78 is 12.0. The summed E-state index contributed by atoms with van der Waals surface area (Å²) in [6.07, 6.45) is 5.27. The van der Waals surface area contributed by atoms with Gasteiger partial charge < -0.3 is 9.47 Å². The van der Waals surface area contributed by atoms with Crippen molar-refractivity contribution in [2.24, 2.45) is 0 Å². The van der Waals surface area contributed by atoms with Gasteiger partial charge in [-0.2, -0.15) is 0 Å². The number of carbonyl (C=O) groups excluding carboxylic acids is 2. The molecule has 0 aliphatic carbocycles. The number of rotatable bonds is 4. The van der Waals surface area contributed by atoms with Crippen molar-refractivity contribution in [3.63, 3.8) is 0 Å². The minimum atomic E-state index is -0.541. The maximum atomic E-state index is 11.5. The quantitative estimate of drug-likeness (QED) is 0.270. The van der Waals surface area contributed by atoms with Crippen molar-refractivity contribution < 1.29 is 19.1 Å². The molecular formula is C24H18Br2N4O4. The van der Waals surface area contributed by atoms with E-state index in [1.165, 1.54) is 0 Å². The van der Waals surface area contributed by atoms with Gasteiger partial charge in [-0.25, -0.2) is 9.59 Å². The molecule has 10 heteroatoms. The van der Waals surface area contributed by atoms with Crippen LogP contribution in [0.5, 0.6) is 11.5 Å². The first-order chi connectivity index (χ1) is 16.5. The van der Waals surface area contributed by atoms with Gasteiger partial charge in [-0.15, -0.1) is 0 Å². The van der Waals surface area contributed by atoms with Crippen LogP contribution in [0.15, 0.2) is 107 Å². The van der Waals surface area contributed by atoms with E-state index in [1.54, 1.807) is 97.6 Å². The molecule has 4 rings (SSSR count). The van der Waals surface area contributed by atoms with Crippen molar-refractivity contribution in [3.8, 4) is 11.5 Å². The van der Waals surface area contributed by atoms with Crippen molar-refractivity contribution in [1.82, 2.24) is 9.97 Å². The summed E-state index contributed by atoms with van der Waals surface area (Å²) >= 11 is 6.60. The zero-order valence-corrected chi connectivity index (χ0v) is 20.7. The number of halogens is 2.